The third kappa shape index (κ3) is 4.32. The average molecular weight is 365 g/mol. The van der Waals surface area contributed by atoms with Crippen LogP contribution in [-0.4, -0.2) is 89.4 Å². The molecule has 0 saturated carbocycles. The smallest absolute Gasteiger partial charge is 0.176 e. The van der Waals surface area contributed by atoms with E-state index in [1.54, 1.807) is 13.8 Å². The number of ether oxygens (including phenoxy) is 4. The van der Waals surface area contributed by atoms with Crippen LogP contribution >= 0.6 is 0 Å². The van der Waals surface area contributed by atoms with Gasteiger partial charge in [-0.2, -0.15) is 0 Å². The zero-order valence-electron chi connectivity index (χ0n) is 14.9. The first-order valence-electron chi connectivity index (χ1n) is 8.77. The van der Waals surface area contributed by atoms with Gasteiger partial charge in [0.1, 0.15) is 12.2 Å². The summed E-state index contributed by atoms with van der Waals surface area (Å²) >= 11 is 0. The quantitative estimate of drug-likeness (QED) is 0.367. The standard InChI is InChI=1S/C16H31NO8/c1-4-22-15-8(3)13(21)14(10(6-19)24-15)25-16-11(17)12(20)7(2)9(5-18)23-16/h7-16,18-21H,4-6,17H2,1-3H3/t7-,8+,9?,10?,11?,12-,13?,14+,15-,16-/m0/s1. The first-order valence-corrected chi connectivity index (χ1v) is 8.77. The van der Waals surface area contributed by atoms with Gasteiger partial charge in [-0.3, -0.25) is 0 Å². The van der Waals surface area contributed by atoms with Gasteiger partial charge >= 0.3 is 0 Å². The van der Waals surface area contributed by atoms with Gasteiger partial charge in [-0.25, -0.2) is 0 Å². The highest BCUT2D eigenvalue weighted by Gasteiger charge is 2.48. The van der Waals surface area contributed by atoms with Crippen LogP contribution in [0.15, 0.2) is 0 Å². The highest BCUT2D eigenvalue weighted by molar-refractivity contribution is 4.93. The summed E-state index contributed by atoms with van der Waals surface area (Å²) in [4.78, 5) is 0. The first-order chi connectivity index (χ1) is 11.8. The highest BCUT2D eigenvalue weighted by Crippen LogP contribution is 2.32. The monoisotopic (exact) mass is 365 g/mol. The fourth-order valence-corrected chi connectivity index (χ4v) is 3.33. The van der Waals surface area contributed by atoms with E-state index >= 15 is 0 Å². The summed E-state index contributed by atoms with van der Waals surface area (Å²) in [6.07, 6.45) is -6.00. The summed E-state index contributed by atoms with van der Waals surface area (Å²) < 4.78 is 22.6. The van der Waals surface area contributed by atoms with Crippen molar-refractivity contribution in [3.63, 3.8) is 0 Å². The second kappa shape index (κ2) is 9.03. The maximum Gasteiger partial charge on any atom is 0.176 e. The zero-order valence-corrected chi connectivity index (χ0v) is 14.9. The first kappa shape index (κ1) is 20.9. The van der Waals surface area contributed by atoms with Gasteiger partial charge in [-0.05, 0) is 6.92 Å². The Bertz CT molecular complexity index is 410. The molecule has 6 N–H and O–H groups in total. The van der Waals surface area contributed by atoms with E-state index in [1.165, 1.54) is 0 Å². The van der Waals surface area contributed by atoms with Crippen molar-refractivity contribution < 1.29 is 39.4 Å². The molecular formula is C16H31NO8. The van der Waals surface area contributed by atoms with Gasteiger partial charge < -0.3 is 45.1 Å². The lowest BCUT2D eigenvalue weighted by atomic mass is 9.89. The Hall–Kier alpha value is -0.360. The van der Waals surface area contributed by atoms with Crippen LogP contribution in [-0.2, 0) is 18.9 Å². The summed E-state index contributed by atoms with van der Waals surface area (Å²) in [5, 5.41) is 39.8. The molecule has 2 rings (SSSR count). The van der Waals surface area contributed by atoms with Crippen LogP contribution in [0.3, 0.4) is 0 Å². The number of rotatable bonds is 6. The molecule has 2 aliphatic heterocycles. The average Bonchev–Trinajstić information content (AvgIpc) is 2.61. The number of hydrogen-bond donors (Lipinski definition) is 5. The van der Waals surface area contributed by atoms with Crippen LogP contribution in [0.1, 0.15) is 20.8 Å². The Labute approximate surface area is 147 Å². The van der Waals surface area contributed by atoms with E-state index in [0.29, 0.717) is 6.61 Å². The minimum atomic E-state index is -1.04. The van der Waals surface area contributed by atoms with Crippen LogP contribution in [0, 0.1) is 11.8 Å². The Kier molecular flexibility index (Phi) is 7.56. The number of hydrogen-bond acceptors (Lipinski definition) is 9. The lowest BCUT2D eigenvalue weighted by Gasteiger charge is -2.47. The molecule has 0 aromatic heterocycles. The molecule has 0 aromatic rings. The normalized spacial score (nSPS) is 48.5. The van der Waals surface area contributed by atoms with E-state index < -0.39 is 55.1 Å². The van der Waals surface area contributed by atoms with Gasteiger partial charge in [-0.1, -0.05) is 13.8 Å². The van der Waals surface area contributed by atoms with Crippen molar-refractivity contribution >= 4 is 0 Å². The molecule has 9 heteroatoms. The van der Waals surface area contributed by atoms with Crippen molar-refractivity contribution in [2.45, 2.75) is 69.9 Å². The Balaban J connectivity index is 2.11. The topological polar surface area (TPSA) is 144 Å². The summed E-state index contributed by atoms with van der Waals surface area (Å²) in [5.41, 5.74) is 6.00. The Morgan fingerprint density at radius 3 is 2.08 bits per heavy atom. The fraction of sp³-hybridized carbons (Fsp3) is 1.00. The molecule has 2 fully saturated rings. The zero-order chi connectivity index (χ0) is 18.7. The minimum Gasteiger partial charge on any atom is -0.394 e. The van der Waals surface area contributed by atoms with E-state index in [-0.39, 0.29) is 19.1 Å². The molecule has 2 saturated heterocycles. The van der Waals surface area contributed by atoms with Gasteiger partial charge in [0, 0.05) is 18.4 Å². The fourth-order valence-electron chi connectivity index (χ4n) is 3.33. The number of nitrogens with two attached hydrogens (primary N) is 1. The predicted octanol–water partition coefficient (Wildman–Crippen LogP) is -1.84. The molecule has 0 radical (unpaired) electrons. The van der Waals surface area contributed by atoms with Crippen molar-refractivity contribution in [1.29, 1.82) is 0 Å². The van der Waals surface area contributed by atoms with E-state index in [4.69, 9.17) is 24.7 Å². The SMILES string of the molecule is CCO[C@H]1OC(CO)[C@@H](O[C@@H]2OC(CO)[C@H](C)[C@H](O)C2N)C(O)[C@H]1C. The lowest BCUT2D eigenvalue weighted by Crippen LogP contribution is -2.63. The molecule has 2 aliphatic rings. The number of aliphatic hydroxyl groups is 4. The molecule has 2 heterocycles. The van der Waals surface area contributed by atoms with Gasteiger partial charge in [-0.15, -0.1) is 0 Å². The summed E-state index contributed by atoms with van der Waals surface area (Å²) in [5.74, 6) is -0.757. The Morgan fingerprint density at radius 2 is 1.52 bits per heavy atom. The largest absolute Gasteiger partial charge is 0.394 e. The van der Waals surface area contributed by atoms with Gasteiger partial charge in [0.05, 0.1) is 37.6 Å². The van der Waals surface area contributed by atoms with Crippen molar-refractivity contribution in [2.24, 2.45) is 17.6 Å². The summed E-state index contributed by atoms with van der Waals surface area (Å²) in [6, 6.07) is -0.857. The third-order valence-electron chi connectivity index (χ3n) is 5.10. The van der Waals surface area contributed by atoms with E-state index in [1.807, 2.05) is 6.92 Å². The van der Waals surface area contributed by atoms with E-state index in [2.05, 4.69) is 0 Å². The molecule has 10 atom stereocenters. The van der Waals surface area contributed by atoms with Gasteiger partial charge in [0.15, 0.2) is 12.6 Å². The molecule has 148 valence electrons. The lowest BCUT2D eigenvalue weighted by molar-refractivity contribution is -0.332. The number of aliphatic hydroxyl groups excluding tert-OH is 4. The molecule has 9 nitrogen and oxygen atoms in total. The molecule has 4 unspecified atom stereocenters. The second-order valence-corrected chi connectivity index (χ2v) is 6.78. The second-order valence-electron chi connectivity index (χ2n) is 6.78. The minimum absolute atomic E-state index is 0.291. The van der Waals surface area contributed by atoms with Crippen LogP contribution in [0.25, 0.3) is 0 Å². The van der Waals surface area contributed by atoms with Crippen LogP contribution in [0.2, 0.25) is 0 Å². The van der Waals surface area contributed by atoms with Crippen LogP contribution < -0.4 is 5.73 Å². The maximum absolute atomic E-state index is 10.6. The van der Waals surface area contributed by atoms with Crippen LogP contribution in [0.4, 0.5) is 0 Å². The van der Waals surface area contributed by atoms with Gasteiger partial charge in [0.2, 0.25) is 0 Å². The Morgan fingerprint density at radius 1 is 0.920 bits per heavy atom. The molecule has 0 spiro atoms. The molecular weight excluding hydrogens is 334 g/mol. The third-order valence-corrected chi connectivity index (χ3v) is 5.10. The molecule has 25 heavy (non-hydrogen) atoms. The molecule has 0 aromatic carbocycles. The summed E-state index contributed by atoms with van der Waals surface area (Å²) in [6.45, 7) is 5.02. The summed E-state index contributed by atoms with van der Waals surface area (Å²) in [7, 11) is 0. The van der Waals surface area contributed by atoms with Crippen molar-refractivity contribution in [1.82, 2.24) is 0 Å². The molecule has 0 bridgehead atoms. The maximum atomic E-state index is 10.6. The van der Waals surface area contributed by atoms with Crippen molar-refractivity contribution in [2.75, 3.05) is 19.8 Å². The van der Waals surface area contributed by atoms with E-state index in [9.17, 15) is 20.4 Å². The highest BCUT2D eigenvalue weighted by atomic mass is 16.7. The van der Waals surface area contributed by atoms with Gasteiger partial charge in [0.25, 0.3) is 0 Å². The molecule has 0 amide bonds. The van der Waals surface area contributed by atoms with E-state index in [0.717, 1.165) is 0 Å². The van der Waals surface area contributed by atoms with Crippen molar-refractivity contribution in [3.8, 4) is 0 Å². The molecule has 0 aliphatic carbocycles. The van der Waals surface area contributed by atoms with Crippen LogP contribution in [0.5, 0.6) is 0 Å². The predicted molar refractivity (Wildman–Crippen MR) is 86.3 cm³/mol. The van der Waals surface area contributed by atoms with Crippen molar-refractivity contribution in [3.05, 3.63) is 0 Å².